The fourth-order valence-corrected chi connectivity index (χ4v) is 10.7. The van der Waals surface area contributed by atoms with E-state index in [-0.39, 0.29) is 366 Å². The number of nitrogens with zero attached hydrogens (tertiary/aromatic N) is 12. The minimum absolute atomic E-state index is 0.0402. The van der Waals surface area contributed by atoms with Crippen LogP contribution in [-0.4, -0.2) is 257 Å². The van der Waals surface area contributed by atoms with Gasteiger partial charge in [-0.2, -0.15) is 63.1 Å². The number of nitriles is 12. The number of carbonyl (C=O) groups is 4. The molecule has 0 atom stereocenters. The van der Waals surface area contributed by atoms with E-state index < -0.39 is 51.2 Å². The van der Waals surface area contributed by atoms with Gasteiger partial charge in [-0.1, -0.05) is 0 Å². The third-order valence-electron chi connectivity index (χ3n) is 16.8. The van der Waals surface area contributed by atoms with Crippen molar-refractivity contribution in [3.05, 3.63) is 0 Å². The number of hydrogen-bond donors (Lipinski definition) is 4. The first-order chi connectivity index (χ1) is 55.1. The van der Waals surface area contributed by atoms with Crippen molar-refractivity contribution < 1.29 is 95.0 Å². The molecule has 0 heterocycles. The Labute approximate surface area is 666 Å². The highest BCUT2D eigenvalue weighted by molar-refractivity contribution is 5.78. The number of rotatable bonds is 80. The number of ether oxygens (including phenoxy) is 16. The molecule has 0 aliphatic carbocycles. The highest BCUT2D eigenvalue weighted by Crippen LogP contribution is 2.26. The Balaban J connectivity index is 8.07. The molecular formula is C77H116N16O20. The molecule has 0 aromatic carbocycles. The first-order valence-electron chi connectivity index (χ1n) is 38.1. The molecule has 113 heavy (non-hydrogen) atoms. The van der Waals surface area contributed by atoms with Gasteiger partial charge in [-0.15, -0.1) is 0 Å². The molecule has 0 unspecified atom stereocenters. The Morgan fingerprint density at radius 2 is 0.319 bits per heavy atom. The van der Waals surface area contributed by atoms with Gasteiger partial charge in [0.25, 0.3) is 0 Å². The molecular weight excluding hydrogens is 1470 g/mol. The third-order valence-corrected chi connectivity index (χ3v) is 16.8. The second kappa shape index (κ2) is 73.3. The minimum Gasteiger partial charge on any atom is -0.380 e. The largest absolute Gasteiger partial charge is 0.380 e. The number of hydrogen-bond acceptors (Lipinski definition) is 32. The average molecular weight is 1590 g/mol. The molecule has 0 saturated heterocycles. The lowest BCUT2D eigenvalue weighted by Crippen LogP contribution is -2.54. The van der Waals surface area contributed by atoms with Gasteiger partial charge in [0.05, 0.1) is 336 Å². The lowest BCUT2D eigenvalue weighted by molar-refractivity contribution is -0.131. The van der Waals surface area contributed by atoms with E-state index in [9.17, 15) is 82.3 Å². The van der Waals surface area contributed by atoms with E-state index in [1.807, 2.05) is 72.8 Å². The summed E-state index contributed by atoms with van der Waals surface area (Å²) in [6, 6.07) is 24.3. The van der Waals surface area contributed by atoms with E-state index in [1.54, 1.807) is 0 Å². The number of carbonyl (C=O) groups excluding carboxylic acids is 4. The lowest BCUT2D eigenvalue weighted by atomic mass is 9.91. The molecule has 36 heteroatoms. The lowest BCUT2D eigenvalue weighted by Gasteiger charge is -2.36. The Morgan fingerprint density at radius 3 is 0.460 bits per heavy atom. The van der Waals surface area contributed by atoms with Crippen molar-refractivity contribution in [2.45, 2.75) is 176 Å². The molecule has 4 N–H and O–H groups in total. The van der Waals surface area contributed by atoms with Crippen LogP contribution in [0.3, 0.4) is 0 Å². The quantitative estimate of drug-likeness (QED) is 0.0561. The fourth-order valence-electron chi connectivity index (χ4n) is 10.7. The SMILES string of the molecule is N#CCCOCCC(CCOCCC#N)(COCCC#N)NC(=O)CCOCC(COCCC(=O)NC(CCOCCC#N)(CCOCCC#N)COCCC#N)(COCCC(=O)NC(CCOCCC#N)(CCOCCC#N)COCCC#N)COCCC(=O)NC(CCOCCC#N)(CCOCCC#N)COCCC#N. The summed E-state index contributed by atoms with van der Waals surface area (Å²) < 4.78 is 95.4. The molecule has 36 nitrogen and oxygen atoms in total. The second-order valence-electron chi connectivity index (χ2n) is 26.0. The summed E-state index contributed by atoms with van der Waals surface area (Å²) in [5.41, 5.74) is -5.96. The highest BCUT2D eigenvalue weighted by atomic mass is 16.5. The summed E-state index contributed by atoms with van der Waals surface area (Å²) >= 11 is 0. The zero-order valence-electron chi connectivity index (χ0n) is 65.6. The summed E-state index contributed by atoms with van der Waals surface area (Å²) in [7, 11) is 0. The van der Waals surface area contributed by atoms with Crippen molar-refractivity contribution in [3.8, 4) is 72.8 Å². The minimum atomic E-state index is -1.40. The van der Waals surface area contributed by atoms with Gasteiger partial charge in [0.1, 0.15) is 0 Å². The molecule has 0 aromatic heterocycles. The zero-order valence-corrected chi connectivity index (χ0v) is 65.6. The summed E-state index contributed by atoms with van der Waals surface area (Å²) in [5, 5.41) is 123. The molecule has 0 bridgehead atoms. The van der Waals surface area contributed by atoms with Crippen LogP contribution in [-0.2, 0) is 95.0 Å². The Morgan fingerprint density at radius 1 is 0.186 bits per heavy atom. The number of nitrogens with one attached hydrogen (secondary N) is 4. The molecule has 0 radical (unpaired) electrons. The molecule has 624 valence electrons. The maximum absolute atomic E-state index is 14.3. The van der Waals surface area contributed by atoms with Crippen LogP contribution in [0.4, 0.5) is 0 Å². The van der Waals surface area contributed by atoms with Crippen molar-refractivity contribution in [2.75, 3.05) is 211 Å². The molecule has 0 rings (SSSR count). The van der Waals surface area contributed by atoms with Gasteiger partial charge in [-0.05, 0) is 51.4 Å². The van der Waals surface area contributed by atoms with Crippen LogP contribution in [0, 0.1) is 141 Å². The second-order valence-corrected chi connectivity index (χ2v) is 26.0. The predicted molar refractivity (Wildman–Crippen MR) is 397 cm³/mol. The van der Waals surface area contributed by atoms with Crippen LogP contribution in [0.25, 0.3) is 0 Å². The van der Waals surface area contributed by atoms with Gasteiger partial charge in [-0.25, -0.2) is 0 Å². The molecule has 4 amide bonds. The van der Waals surface area contributed by atoms with E-state index in [0.717, 1.165) is 0 Å². The zero-order chi connectivity index (χ0) is 83.0. The highest BCUT2D eigenvalue weighted by Gasteiger charge is 2.38. The first-order valence-corrected chi connectivity index (χ1v) is 38.1. The van der Waals surface area contributed by atoms with Gasteiger partial charge < -0.3 is 97.1 Å². The maximum Gasteiger partial charge on any atom is 0.222 e. The van der Waals surface area contributed by atoms with Crippen LogP contribution < -0.4 is 21.3 Å². The van der Waals surface area contributed by atoms with Gasteiger partial charge in [0.2, 0.25) is 23.6 Å². The smallest absolute Gasteiger partial charge is 0.222 e. The van der Waals surface area contributed by atoms with Crippen molar-refractivity contribution in [3.63, 3.8) is 0 Å². The van der Waals surface area contributed by atoms with Crippen LogP contribution in [0.2, 0.25) is 0 Å². The van der Waals surface area contributed by atoms with Crippen molar-refractivity contribution in [1.29, 1.82) is 63.1 Å². The molecule has 0 aliphatic rings. The maximum atomic E-state index is 14.3. The van der Waals surface area contributed by atoms with Gasteiger partial charge in [0.15, 0.2) is 0 Å². The molecule has 0 spiro atoms. The van der Waals surface area contributed by atoms with Crippen molar-refractivity contribution >= 4 is 23.6 Å². The van der Waals surface area contributed by atoms with E-state index in [4.69, 9.17) is 75.8 Å². The van der Waals surface area contributed by atoms with E-state index in [2.05, 4.69) is 21.3 Å². The Kier molecular flexibility index (Phi) is 67.5. The van der Waals surface area contributed by atoms with Crippen LogP contribution in [0.1, 0.15) is 154 Å². The van der Waals surface area contributed by atoms with Gasteiger partial charge >= 0.3 is 0 Å². The van der Waals surface area contributed by atoms with Crippen LogP contribution in [0.5, 0.6) is 0 Å². The van der Waals surface area contributed by atoms with E-state index in [1.165, 1.54) is 0 Å². The summed E-state index contributed by atoms with van der Waals surface area (Å²) in [4.78, 5) is 57.2. The van der Waals surface area contributed by atoms with Crippen LogP contribution >= 0.6 is 0 Å². The number of amides is 4. The monoisotopic (exact) mass is 1580 g/mol. The van der Waals surface area contributed by atoms with Crippen LogP contribution in [0.15, 0.2) is 0 Å². The summed E-state index contributed by atoms with van der Waals surface area (Å²) in [5.74, 6) is -2.01. The average Bonchev–Trinajstić information content (AvgIpc) is 0.876. The summed E-state index contributed by atoms with van der Waals surface area (Å²) in [6.07, 6.45) is 1.59. The van der Waals surface area contributed by atoms with E-state index >= 15 is 0 Å². The topological polar surface area (TPSA) is 550 Å². The molecule has 0 aliphatic heterocycles. The van der Waals surface area contributed by atoms with Gasteiger partial charge in [0, 0.05) is 78.5 Å². The molecule has 0 saturated carbocycles. The Hall–Kier alpha value is -8.88. The first kappa shape index (κ1) is 104. The van der Waals surface area contributed by atoms with Crippen molar-refractivity contribution in [2.24, 2.45) is 5.41 Å². The van der Waals surface area contributed by atoms with E-state index in [0.29, 0.717) is 0 Å². The Bertz CT molecular complexity index is 2590. The molecule has 0 fully saturated rings. The summed E-state index contributed by atoms with van der Waals surface area (Å²) in [6.45, 7) is -0.605. The van der Waals surface area contributed by atoms with Crippen molar-refractivity contribution in [1.82, 2.24) is 21.3 Å². The fraction of sp³-hybridized carbons (Fsp3) is 0.792. The predicted octanol–water partition coefficient (Wildman–Crippen LogP) is 5.30. The van der Waals surface area contributed by atoms with Gasteiger partial charge in [-0.3, -0.25) is 19.2 Å². The normalized spacial score (nSPS) is 11.3. The molecule has 0 aromatic rings. The third kappa shape index (κ3) is 57.8. The standard InChI is InChI=1S/C77H116N16O20/c78-25-1-37-98-53-17-74(65-106-45-9-33-86,18-54-99-38-2-26-79)90-69(94)13-49-110-61-73(62-111-50-14-70(95)91-75(66-107-46-10-34-87,19-55-100-39-3-27-80)20-56-101-40-4-28-81,63-112-51-15-71(96)92-76(67-108-47-11-35-88,21-57-102-41-5-29-82)22-58-103-42-6-30-83)64-113-52-16-72(97)93-77(68-109-48-12-36-89,23-59-104-43-7-31-84)24-60-105-44-8-32-85/h1-24,37-68H2,(H,90,94)(H,91,95)(H,92,96)(H,93,97).